The average molecular weight is 346 g/mol. The van der Waals surface area contributed by atoms with E-state index in [1.54, 1.807) is 0 Å². The largest absolute Gasteiger partial charge is 0.455 e. The molecule has 0 spiro atoms. The van der Waals surface area contributed by atoms with Gasteiger partial charge in [-0.3, -0.25) is 4.79 Å². The van der Waals surface area contributed by atoms with Crippen molar-refractivity contribution in [2.24, 2.45) is 0 Å². The summed E-state index contributed by atoms with van der Waals surface area (Å²) in [5, 5.41) is 11.0. The Kier molecular flexibility index (Phi) is 4.69. The van der Waals surface area contributed by atoms with Gasteiger partial charge in [-0.15, -0.1) is 5.10 Å². The average Bonchev–Trinajstić information content (AvgIpc) is 2.92. The van der Waals surface area contributed by atoms with E-state index >= 15 is 0 Å². The number of tetrazole rings is 1. The molecule has 10 heteroatoms. The number of nitrogens with zero attached hydrogens (tertiary/aromatic N) is 5. The molecule has 6 nitrogen and oxygen atoms in total. The fraction of sp³-hybridized carbons (Fsp3) is 0.231. The predicted octanol–water partition coefficient (Wildman–Crippen LogP) is 2.35. The molecule has 0 aliphatic carbocycles. The first-order chi connectivity index (χ1) is 10.7. The predicted molar refractivity (Wildman–Crippen MR) is 76.9 cm³/mol. The highest BCUT2D eigenvalue weighted by atomic mass is 35.5. The molecule has 0 aliphatic heterocycles. The van der Waals surface area contributed by atoms with E-state index in [0.29, 0.717) is 10.7 Å². The molecule has 0 fully saturated rings. The fourth-order valence-electron chi connectivity index (χ4n) is 1.74. The first-order valence-electron chi connectivity index (χ1n) is 6.24. The number of hydrogen-bond acceptors (Lipinski definition) is 5. The topological polar surface area (TPSA) is 63.9 Å². The van der Waals surface area contributed by atoms with Crippen molar-refractivity contribution >= 4 is 23.0 Å². The van der Waals surface area contributed by atoms with Crippen molar-refractivity contribution in [3.05, 3.63) is 41.3 Å². The zero-order chi connectivity index (χ0) is 17.2. The Morgan fingerprint density at radius 1 is 1.26 bits per heavy atom. The molecule has 23 heavy (non-hydrogen) atoms. The number of hydrogen-bond donors (Lipinski definition) is 0. The maximum Gasteiger partial charge on any atom is 0.455 e. The van der Waals surface area contributed by atoms with Crippen molar-refractivity contribution in [2.45, 2.75) is 6.18 Å². The zero-order valence-corrected chi connectivity index (χ0v) is 12.8. The van der Waals surface area contributed by atoms with E-state index in [2.05, 4.69) is 15.5 Å². The highest BCUT2D eigenvalue weighted by Gasteiger charge is 2.43. The Morgan fingerprint density at radius 3 is 2.39 bits per heavy atom. The van der Waals surface area contributed by atoms with E-state index in [0.717, 1.165) is 10.9 Å². The van der Waals surface area contributed by atoms with Gasteiger partial charge in [-0.25, -0.2) is 0 Å². The molecule has 0 saturated carbocycles. The molecule has 0 atom stereocenters. The van der Waals surface area contributed by atoms with Crippen molar-refractivity contribution in [3.63, 3.8) is 0 Å². The Bertz CT molecular complexity index is 737. The first kappa shape index (κ1) is 16.9. The molecule has 0 amide bonds. The number of rotatable bonds is 4. The van der Waals surface area contributed by atoms with Crippen LogP contribution in [0.1, 0.15) is 5.82 Å². The van der Waals surface area contributed by atoms with Crippen molar-refractivity contribution in [1.82, 2.24) is 25.1 Å². The monoisotopic (exact) mass is 345 g/mol. The lowest BCUT2D eigenvalue weighted by Crippen LogP contribution is -2.26. The first-order valence-corrected chi connectivity index (χ1v) is 6.62. The van der Waals surface area contributed by atoms with Gasteiger partial charge in [-0.1, -0.05) is 11.6 Å². The Balaban J connectivity index is 2.56. The molecule has 0 aliphatic rings. The van der Waals surface area contributed by atoms with Gasteiger partial charge in [0.1, 0.15) is 0 Å². The lowest BCUT2D eigenvalue weighted by atomic mass is 10.1. The van der Waals surface area contributed by atoms with Crippen LogP contribution in [0.5, 0.6) is 0 Å². The van der Waals surface area contributed by atoms with Crippen molar-refractivity contribution in [2.75, 3.05) is 14.1 Å². The number of Topliss-reactive ketones (excluding diaryl/α,β-unsaturated/α-hetero) is 1. The summed E-state index contributed by atoms with van der Waals surface area (Å²) in [6.07, 6.45) is -4.02. The zero-order valence-electron chi connectivity index (χ0n) is 12.0. The van der Waals surface area contributed by atoms with Crippen LogP contribution in [-0.4, -0.2) is 51.2 Å². The van der Waals surface area contributed by atoms with Gasteiger partial charge in [0.25, 0.3) is 5.78 Å². The van der Waals surface area contributed by atoms with Gasteiger partial charge in [0.2, 0.25) is 0 Å². The van der Waals surface area contributed by atoms with Gasteiger partial charge in [0.05, 0.1) is 11.3 Å². The molecule has 0 radical (unpaired) electrons. The van der Waals surface area contributed by atoms with E-state index < -0.39 is 17.5 Å². The van der Waals surface area contributed by atoms with Gasteiger partial charge in [0.15, 0.2) is 5.82 Å². The highest BCUT2D eigenvalue weighted by molar-refractivity contribution is 6.30. The van der Waals surface area contributed by atoms with Crippen LogP contribution in [0.15, 0.2) is 30.5 Å². The van der Waals surface area contributed by atoms with Crippen LogP contribution in [0.2, 0.25) is 5.02 Å². The Labute approximate surface area is 134 Å². The van der Waals surface area contributed by atoms with Gasteiger partial charge < -0.3 is 4.90 Å². The van der Waals surface area contributed by atoms with Gasteiger partial charge in [0, 0.05) is 25.3 Å². The van der Waals surface area contributed by atoms with Crippen LogP contribution >= 0.6 is 11.6 Å². The minimum absolute atomic E-state index is 0.316. The third kappa shape index (κ3) is 3.86. The van der Waals surface area contributed by atoms with Crippen LogP contribution in [0.3, 0.4) is 0 Å². The third-order valence-electron chi connectivity index (χ3n) is 2.67. The number of carbonyl (C=O) groups is 1. The van der Waals surface area contributed by atoms with Crippen LogP contribution in [0.25, 0.3) is 11.3 Å². The van der Waals surface area contributed by atoms with Crippen molar-refractivity contribution in [3.8, 4) is 5.69 Å². The molecule has 0 N–H and O–H groups in total. The maximum absolute atomic E-state index is 12.8. The summed E-state index contributed by atoms with van der Waals surface area (Å²) in [7, 11) is 2.97. The summed E-state index contributed by atoms with van der Waals surface area (Å²) in [6, 6.07) is 6.10. The second kappa shape index (κ2) is 6.37. The molecule has 122 valence electrons. The van der Waals surface area contributed by atoms with E-state index in [1.165, 1.54) is 43.3 Å². The van der Waals surface area contributed by atoms with Crippen LogP contribution in [0.4, 0.5) is 13.2 Å². The van der Waals surface area contributed by atoms with Crippen molar-refractivity contribution in [1.29, 1.82) is 0 Å². The molecule has 2 aromatic rings. The normalized spacial score (nSPS) is 12.3. The number of carbonyl (C=O) groups excluding carboxylic acids is 1. The Hall–Kier alpha value is -2.42. The quantitative estimate of drug-likeness (QED) is 0.796. The smallest absolute Gasteiger partial charge is 0.383 e. The molecule has 0 saturated heterocycles. The summed E-state index contributed by atoms with van der Waals surface area (Å²) >= 11 is 5.77. The molecular formula is C13H11ClF3N5O. The van der Waals surface area contributed by atoms with Crippen molar-refractivity contribution < 1.29 is 18.0 Å². The van der Waals surface area contributed by atoms with Crippen LogP contribution in [-0.2, 0) is 4.79 Å². The maximum atomic E-state index is 12.8. The standard InChI is InChI=1S/C13H11ClF3N5O/c1-21(2)7-10(11(23)13(15,16)17)12-18-19-20-22(12)9-5-3-8(14)4-6-9/h3-7H,1-2H3. The second-order valence-electron chi connectivity index (χ2n) is 4.72. The lowest BCUT2D eigenvalue weighted by Gasteiger charge is -2.13. The summed E-state index contributed by atoms with van der Waals surface area (Å²) in [6.45, 7) is 0. The molecule has 1 aromatic heterocycles. The molecule has 0 unspecified atom stereocenters. The second-order valence-corrected chi connectivity index (χ2v) is 5.16. The summed E-state index contributed by atoms with van der Waals surface area (Å²) in [5.74, 6) is -2.35. The molecular weight excluding hydrogens is 335 g/mol. The van der Waals surface area contributed by atoms with E-state index in [-0.39, 0.29) is 5.82 Å². The SMILES string of the molecule is CN(C)C=C(C(=O)C(F)(F)F)c1nnnn1-c1ccc(Cl)cc1. The molecule has 0 bridgehead atoms. The van der Waals surface area contributed by atoms with Crippen LogP contribution < -0.4 is 0 Å². The van der Waals surface area contributed by atoms with E-state index in [9.17, 15) is 18.0 Å². The number of benzene rings is 1. The Morgan fingerprint density at radius 2 is 1.87 bits per heavy atom. The number of allylic oxidation sites excluding steroid dienone is 1. The fourth-order valence-corrected chi connectivity index (χ4v) is 1.87. The molecule has 1 heterocycles. The lowest BCUT2D eigenvalue weighted by molar-refractivity contribution is -0.164. The molecule has 1 aromatic carbocycles. The van der Waals surface area contributed by atoms with Gasteiger partial charge in [-0.2, -0.15) is 17.9 Å². The molecule has 2 rings (SSSR count). The van der Waals surface area contributed by atoms with Crippen LogP contribution in [0, 0.1) is 0 Å². The number of ketones is 1. The minimum atomic E-state index is -5.04. The number of halogens is 4. The summed E-state index contributed by atoms with van der Waals surface area (Å²) in [4.78, 5) is 13.0. The van der Waals surface area contributed by atoms with Gasteiger partial charge in [-0.05, 0) is 34.7 Å². The minimum Gasteiger partial charge on any atom is -0.383 e. The summed E-state index contributed by atoms with van der Waals surface area (Å²) in [5.41, 5.74) is -0.295. The van der Waals surface area contributed by atoms with Gasteiger partial charge >= 0.3 is 6.18 Å². The van der Waals surface area contributed by atoms with E-state index in [4.69, 9.17) is 11.6 Å². The highest BCUT2D eigenvalue weighted by Crippen LogP contribution is 2.27. The number of aromatic nitrogens is 4. The number of alkyl halides is 3. The van der Waals surface area contributed by atoms with E-state index in [1.807, 2.05) is 0 Å². The summed E-state index contributed by atoms with van der Waals surface area (Å²) < 4.78 is 39.5. The third-order valence-corrected chi connectivity index (χ3v) is 2.92.